The first-order chi connectivity index (χ1) is 8.61. The summed E-state index contributed by atoms with van der Waals surface area (Å²) in [6.45, 7) is 4.75. The third-order valence-corrected chi connectivity index (χ3v) is 2.34. The highest BCUT2D eigenvalue weighted by Gasteiger charge is 2.00. The molecule has 4 nitrogen and oxygen atoms in total. The molecule has 0 radical (unpaired) electrons. The Kier molecular flexibility index (Phi) is 6.05. The lowest BCUT2D eigenvalue weighted by atomic mass is 10.2. The molecule has 0 bridgehead atoms. The number of carbonyl (C=O) groups is 1. The summed E-state index contributed by atoms with van der Waals surface area (Å²) in [5.41, 5.74) is 1.02. The Hall–Kier alpha value is -1.71. The van der Waals surface area contributed by atoms with Crippen molar-refractivity contribution in [1.29, 1.82) is 0 Å². The summed E-state index contributed by atoms with van der Waals surface area (Å²) in [6, 6.07) is 7.80. The molecule has 0 heterocycles. The zero-order chi connectivity index (χ0) is 13.4. The Morgan fingerprint density at radius 3 is 2.50 bits per heavy atom. The highest BCUT2D eigenvalue weighted by Crippen LogP contribution is 2.16. The summed E-state index contributed by atoms with van der Waals surface area (Å²) in [5.74, 6) is 0.697. The summed E-state index contributed by atoms with van der Waals surface area (Å²) in [5, 5.41) is 3.24. The van der Waals surface area contributed by atoms with E-state index in [1.165, 1.54) is 7.11 Å². The van der Waals surface area contributed by atoms with Gasteiger partial charge in [0.05, 0.1) is 13.2 Å². The predicted octanol–water partition coefficient (Wildman–Crippen LogP) is 2.84. The first-order valence-electron chi connectivity index (χ1n) is 6.19. The molecule has 100 valence electrons. The molecule has 0 saturated heterocycles. The van der Waals surface area contributed by atoms with Crippen LogP contribution in [-0.2, 0) is 9.53 Å². The summed E-state index contributed by atoms with van der Waals surface area (Å²) in [4.78, 5) is 10.9. The number of hydrogen-bond donors (Lipinski definition) is 1. The number of ether oxygens (including phenoxy) is 2. The van der Waals surface area contributed by atoms with Gasteiger partial charge in [-0.15, -0.1) is 0 Å². The van der Waals surface area contributed by atoms with Crippen molar-refractivity contribution in [1.82, 2.24) is 0 Å². The van der Waals surface area contributed by atoms with Crippen molar-refractivity contribution in [2.24, 2.45) is 0 Å². The van der Waals surface area contributed by atoms with Crippen LogP contribution in [0.25, 0.3) is 0 Å². The fraction of sp³-hybridized carbons (Fsp3) is 0.500. The van der Waals surface area contributed by atoms with Crippen molar-refractivity contribution < 1.29 is 14.3 Å². The minimum atomic E-state index is -0.169. The molecule has 18 heavy (non-hydrogen) atoms. The standard InChI is InChI=1S/C14H21NO3/c1-11(2)18-13-8-6-12(7-9-13)15-10-4-5-14(16)17-3/h6-9,11,15H,4-5,10H2,1-3H3. The van der Waals surface area contributed by atoms with Crippen LogP contribution in [0.4, 0.5) is 5.69 Å². The topological polar surface area (TPSA) is 47.6 Å². The Labute approximate surface area is 108 Å². The van der Waals surface area contributed by atoms with Crippen LogP contribution >= 0.6 is 0 Å². The average Bonchev–Trinajstić information content (AvgIpc) is 2.35. The summed E-state index contributed by atoms with van der Waals surface area (Å²) < 4.78 is 10.1. The van der Waals surface area contributed by atoms with Crippen LogP contribution in [0.3, 0.4) is 0 Å². The molecule has 0 fully saturated rings. The Morgan fingerprint density at radius 1 is 1.28 bits per heavy atom. The van der Waals surface area contributed by atoms with E-state index in [1.54, 1.807) is 0 Å². The number of hydrogen-bond acceptors (Lipinski definition) is 4. The van der Waals surface area contributed by atoms with Crippen LogP contribution in [0, 0.1) is 0 Å². The fourth-order valence-electron chi connectivity index (χ4n) is 1.49. The maximum atomic E-state index is 10.9. The summed E-state index contributed by atoms with van der Waals surface area (Å²) in [7, 11) is 1.41. The van der Waals surface area contributed by atoms with Gasteiger partial charge in [0.1, 0.15) is 5.75 Å². The van der Waals surface area contributed by atoms with Crippen LogP contribution < -0.4 is 10.1 Å². The van der Waals surface area contributed by atoms with E-state index in [9.17, 15) is 4.79 Å². The van der Waals surface area contributed by atoms with Gasteiger partial charge in [-0.3, -0.25) is 4.79 Å². The predicted molar refractivity (Wildman–Crippen MR) is 71.9 cm³/mol. The van der Waals surface area contributed by atoms with Crippen molar-refractivity contribution >= 4 is 11.7 Å². The maximum absolute atomic E-state index is 10.9. The Balaban J connectivity index is 2.28. The molecule has 0 aromatic heterocycles. The first-order valence-corrected chi connectivity index (χ1v) is 6.19. The fourth-order valence-corrected chi connectivity index (χ4v) is 1.49. The molecule has 0 aliphatic carbocycles. The molecule has 0 unspecified atom stereocenters. The van der Waals surface area contributed by atoms with Crippen LogP contribution in [0.1, 0.15) is 26.7 Å². The molecular formula is C14H21NO3. The van der Waals surface area contributed by atoms with Gasteiger partial charge >= 0.3 is 5.97 Å². The minimum Gasteiger partial charge on any atom is -0.491 e. The number of esters is 1. The van der Waals surface area contributed by atoms with E-state index in [4.69, 9.17) is 4.74 Å². The molecule has 1 N–H and O–H groups in total. The van der Waals surface area contributed by atoms with Gasteiger partial charge in [-0.25, -0.2) is 0 Å². The van der Waals surface area contributed by atoms with E-state index in [1.807, 2.05) is 38.1 Å². The van der Waals surface area contributed by atoms with E-state index < -0.39 is 0 Å². The summed E-state index contributed by atoms with van der Waals surface area (Å²) in [6.07, 6.45) is 1.39. The van der Waals surface area contributed by atoms with Crippen molar-refractivity contribution in [2.75, 3.05) is 19.0 Å². The van der Waals surface area contributed by atoms with E-state index in [-0.39, 0.29) is 12.1 Å². The Morgan fingerprint density at radius 2 is 1.94 bits per heavy atom. The molecule has 0 aliphatic heterocycles. The number of methoxy groups -OCH3 is 1. The zero-order valence-electron chi connectivity index (χ0n) is 11.2. The average molecular weight is 251 g/mol. The minimum absolute atomic E-state index is 0.169. The largest absolute Gasteiger partial charge is 0.491 e. The zero-order valence-corrected chi connectivity index (χ0v) is 11.2. The van der Waals surface area contributed by atoms with Gasteiger partial charge in [0, 0.05) is 18.7 Å². The molecule has 1 aromatic carbocycles. The third-order valence-electron chi connectivity index (χ3n) is 2.34. The molecule has 1 rings (SSSR count). The lowest BCUT2D eigenvalue weighted by Gasteiger charge is -2.11. The molecule has 0 saturated carbocycles. The third kappa shape index (κ3) is 5.57. The number of benzene rings is 1. The lowest BCUT2D eigenvalue weighted by molar-refractivity contribution is -0.140. The second kappa shape index (κ2) is 7.58. The van der Waals surface area contributed by atoms with Gasteiger partial charge in [-0.1, -0.05) is 0 Å². The lowest BCUT2D eigenvalue weighted by Crippen LogP contribution is -2.07. The van der Waals surface area contributed by atoms with Crippen LogP contribution in [0.2, 0.25) is 0 Å². The molecule has 4 heteroatoms. The van der Waals surface area contributed by atoms with Gasteiger partial charge in [-0.05, 0) is 44.5 Å². The molecule has 0 spiro atoms. The normalized spacial score (nSPS) is 10.2. The van der Waals surface area contributed by atoms with Crippen molar-refractivity contribution in [3.8, 4) is 5.75 Å². The summed E-state index contributed by atoms with van der Waals surface area (Å²) >= 11 is 0. The first kappa shape index (κ1) is 14.4. The van der Waals surface area contributed by atoms with Crippen LogP contribution in [0.15, 0.2) is 24.3 Å². The highest BCUT2D eigenvalue weighted by molar-refractivity contribution is 5.69. The molecule has 1 aromatic rings. The molecule has 0 atom stereocenters. The van der Waals surface area contributed by atoms with Crippen molar-refractivity contribution in [3.63, 3.8) is 0 Å². The smallest absolute Gasteiger partial charge is 0.305 e. The maximum Gasteiger partial charge on any atom is 0.305 e. The number of carbonyl (C=O) groups excluding carboxylic acids is 1. The van der Waals surface area contributed by atoms with E-state index in [0.717, 1.165) is 24.4 Å². The van der Waals surface area contributed by atoms with Gasteiger partial charge in [-0.2, -0.15) is 0 Å². The van der Waals surface area contributed by atoms with Crippen LogP contribution in [-0.4, -0.2) is 25.7 Å². The highest BCUT2D eigenvalue weighted by atomic mass is 16.5. The second-order valence-corrected chi connectivity index (χ2v) is 4.30. The number of anilines is 1. The quantitative estimate of drug-likeness (QED) is 0.598. The molecular weight excluding hydrogens is 230 g/mol. The second-order valence-electron chi connectivity index (χ2n) is 4.30. The number of rotatable bonds is 7. The number of nitrogens with one attached hydrogen (secondary N) is 1. The monoisotopic (exact) mass is 251 g/mol. The molecule has 0 amide bonds. The van der Waals surface area contributed by atoms with E-state index in [2.05, 4.69) is 10.1 Å². The van der Waals surface area contributed by atoms with Gasteiger partial charge in [0.2, 0.25) is 0 Å². The molecule has 0 aliphatic rings. The Bertz CT molecular complexity index is 360. The van der Waals surface area contributed by atoms with E-state index >= 15 is 0 Å². The van der Waals surface area contributed by atoms with Gasteiger partial charge in [0.25, 0.3) is 0 Å². The van der Waals surface area contributed by atoms with E-state index in [0.29, 0.717) is 6.42 Å². The van der Waals surface area contributed by atoms with Gasteiger partial charge in [0.15, 0.2) is 0 Å². The van der Waals surface area contributed by atoms with Crippen molar-refractivity contribution in [2.45, 2.75) is 32.8 Å². The van der Waals surface area contributed by atoms with Gasteiger partial charge < -0.3 is 14.8 Å². The SMILES string of the molecule is COC(=O)CCCNc1ccc(OC(C)C)cc1. The van der Waals surface area contributed by atoms with Crippen LogP contribution in [0.5, 0.6) is 5.75 Å². The van der Waals surface area contributed by atoms with Crippen molar-refractivity contribution in [3.05, 3.63) is 24.3 Å².